The molecule has 0 amide bonds. The minimum Gasteiger partial charge on any atom is -0.478 e. The molecule has 0 saturated carbocycles. The van der Waals surface area contributed by atoms with Crippen LogP contribution in [0.15, 0.2) is 16.9 Å². The molecule has 0 radical (unpaired) electrons. The molecule has 0 aliphatic carbocycles. The Kier molecular flexibility index (Phi) is 2.62. The predicted molar refractivity (Wildman–Crippen MR) is 45.9 cm³/mol. The maximum absolute atomic E-state index is 10.5. The van der Waals surface area contributed by atoms with E-state index in [1.807, 2.05) is 0 Å². The smallest absolute Gasteiger partial charge is 0.338 e. The van der Waals surface area contributed by atoms with E-state index in [2.05, 4.69) is 20.9 Å². The lowest BCUT2D eigenvalue weighted by atomic mass is 10.2. The minimum absolute atomic E-state index is 0.116. The lowest BCUT2D eigenvalue weighted by Crippen LogP contribution is -2.04. The van der Waals surface area contributed by atoms with Crippen LogP contribution in [0.1, 0.15) is 20.7 Å². The Morgan fingerprint density at radius 3 is 2.38 bits per heavy atom. The summed E-state index contributed by atoms with van der Waals surface area (Å²) in [7, 11) is 0. The highest BCUT2D eigenvalue weighted by Gasteiger charge is 2.13. The Bertz CT molecular complexity index is 377. The zero-order valence-corrected chi connectivity index (χ0v) is 7.78. The highest BCUT2D eigenvalue weighted by molar-refractivity contribution is 9.10. The lowest BCUT2D eigenvalue weighted by Gasteiger charge is -1.98. The van der Waals surface area contributed by atoms with Crippen LogP contribution in [0.5, 0.6) is 0 Å². The van der Waals surface area contributed by atoms with Crippen LogP contribution in [0.3, 0.4) is 0 Å². The molecule has 0 atom stereocenters. The van der Waals surface area contributed by atoms with Crippen molar-refractivity contribution in [1.82, 2.24) is 4.98 Å². The Hall–Kier alpha value is -1.43. The van der Waals surface area contributed by atoms with E-state index in [9.17, 15) is 9.59 Å². The SMILES string of the molecule is O=C(O)c1cnc(Br)c(C(=O)O)c1. The first-order chi connectivity index (χ1) is 6.02. The molecule has 1 rings (SSSR count). The predicted octanol–water partition coefficient (Wildman–Crippen LogP) is 1.24. The van der Waals surface area contributed by atoms with E-state index >= 15 is 0 Å². The van der Waals surface area contributed by atoms with Crippen molar-refractivity contribution < 1.29 is 19.8 Å². The van der Waals surface area contributed by atoms with Crippen LogP contribution < -0.4 is 0 Å². The van der Waals surface area contributed by atoms with Gasteiger partial charge in [-0.25, -0.2) is 14.6 Å². The number of nitrogens with zero attached hydrogens (tertiary/aromatic N) is 1. The Labute approximate surface area is 81.2 Å². The van der Waals surface area contributed by atoms with Crippen LogP contribution in [0, 0.1) is 0 Å². The number of aromatic carboxylic acids is 2. The maximum atomic E-state index is 10.5. The topological polar surface area (TPSA) is 87.5 Å². The fourth-order valence-electron chi connectivity index (χ4n) is 0.715. The fourth-order valence-corrected chi connectivity index (χ4v) is 1.10. The van der Waals surface area contributed by atoms with E-state index in [0.717, 1.165) is 12.3 Å². The van der Waals surface area contributed by atoms with Crippen LogP contribution >= 0.6 is 15.9 Å². The molecule has 1 aromatic rings. The molecule has 0 aromatic carbocycles. The molecular weight excluding hydrogens is 242 g/mol. The number of carboxylic acids is 2. The highest BCUT2D eigenvalue weighted by atomic mass is 79.9. The van der Waals surface area contributed by atoms with E-state index in [-0.39, 0.29) is 15.7 Å². The molecule has 13 heavy (non-hydrogen) atoms. The van der Waals surface area contributed by atoms with Crippen molar-refractivity contribution in [2.45, 2.75) is 0 Å². The molecule has 0 fully saturated rings. The summed E-state index contributed by atoms with van der Waals surface area (Å²) in [6.45, 7) is 0. The first-order valence-electron chi connectivity index (χ1n) is 3.14. The van der Waals surface area contributed by atoms with Crippen molar-refractivity contribution in [3.8, 4) is 0 Å². The summed E-state index contributed by atoms with van der Waals surface area (Å²) in [5.41, 5.74) is -0.319. The molecule has 1 heterocycles. The van der Waals surface area contributed by atoms with Crippen molar-refractivity contribution in [2.24, 2.45) is 0 Å². The first-order valence-corrected chi connectivity index (χ1v) is 3.94. The Morgan fingerprint density at radius 2 is 1.92 bits per heavy atom. The second-order valence-corrected chi connectivity index (χ2v) is 2.92. The molecule has 68 valence electrons. The zero-order valence-electron chi connectivity index (χ0n) is 6.19. The molecule has 0 spiro atoms. The summed E-state index contributed by atoms with van der Waals surface area (Å²) >= 11 is 2.90. The number of carboxylic acid groups (broad SMARTS) is 2. The van der Waals surface area contributed by atoms with Gasteiger partial charge in [0.15, 0.2) is 0 Å². The van der Waals surface area contributed by atoms with Gasteiger partial charge < -0.3 is 10.2 Å². The molecule has 0 saturated heterocycles. The molecular formula is C7H4BrNO4. The quantitative estimate of drug-likeness (QED) is 0.766. The second kappa shape index (κ2) is 3.53. The van der Waals surface area contributed by atoms with Gasteiger partial charge in [-0.1, -0.05) is 0 Å². The van der Waals surface area contributed by atoms with Gasteiger partial charge in [0.25, 0.3) is 0 Å². The molecule has 2 N–H and O–H groups in total. The van der Waals surface area contributed by atoms with Crippen LogP contribution in [0.2, 0.25) is 0 Å². The van der Waals surface area contributed by atoms with Crippen molar-refractivity contribution in [1.29, 1.82) is 0 Å². The number of halogens is 1. The van der Waals surface area contributed by atoms with Crippen molar-refractivity contribution in [3.63, 3.8) is 0 Å². The van der Waals surface area contributed by atoms with Gasteiger partial charge in [-0.05, 0) is 22.0 Å². The standard InChI is InChI=1S/C7H4BrNO4/c8-5-4(7(12)13)1-3(2-9-5)6(10)11/h1-2H,(H,10,11)(H,12,13). The summed E-state index contributed by atoms with van der Waals surface area (Å²) < 4.78 is 0.116. The summed E-state index contributed by atoms with van der Waals surface area (Å²) in [4.78, 5) is 24.5. The van der Waals surface area contributed by atoms with Crippen molar-refractivity contribution in [2.75, 3.05) is 0 Å². The maximum Gasteiger partial charge on any atom is 0.338 e. The van der Waals surface area contributed by atoms with Crippen LogP contribution in [0.25, 0.3) is 0 Å². The molecule has 0 aliphatic heterocycles. The number of aromatic nitrogens is 1. The van der Waals surface area contributed by atoms with Gasteiger partial charge in [0.2, 0.25) is 0 Å². The summed E-state index contributed by atoms with van der Waals surface area (Å²) in [5.74, 6) is -2.43. The normalized spacial score (nSPS) is 9.62. The largest absolute Gasteiger partial charge is 0.478 e. The van der Waals surface area contributed by atoms with Crippen LogP contribution in [0.4, 0.5) is 0 Å². The first kappa shape index (κ1) is 9.66. The monoisotopic (exact) mass is 245 g/mol. The third-order valence-corrected chi connectivity index (χ3v) is 1.95. The fraction of sp³-hybridized carbons (Fsp3) is 0. The van der Waals surface area contributed by atoms with Gasteiger partial charge in [0.05, 0.1) is 11.1 Å². The van der Waals surface area contributed by atoms with Gasteiger partial charge >= 0.3 is 11.9 Å². The summed E-state index contributed by atoms with van der Waals surface area (Å²) in [6, 6.07) is 1.04. The van der Waals surface area contributed by atoms with Gasteiger partial charge in [0.1, 0.15) is 4.60 Å². The van der Waals surface area contributed by atoms with E-state index < -0.39 is 11.9 Å². The van der Waals surface area contributed by atoms with Gasteiger partial charge in [0, 0.05) is 6.20 Å². The lowest BCUT2D eigenvalue weighted by molar-refractivity contribution is 0.0695. The second-order valence-electron chi connectivity index (χ2n) is 2.17. The average Bonchev–Trinajstić information content (AvgIpc) is 2.04. The molecule has 5 nitrogen and oxygen atoms in total. The Balaban J connectivity index is 3.27. The highest BCUT2D eigenvalue weighted by Crippen LogP contribution is 2.14. The molecule has 0 aliphatic rings. The van der Waals surface area contributed by atoms with E-state index in [0.29, 0.717) is 0 Å². The molecule has 1 aromatic heterocycles. The number of hydrogen-bond donors (Lipinski definition) is 2. The van der Waals surface area contributed by atoms with Gasteiger partial charge in [-0.2, -0.15) is 0 Å². The zero-order chi connectivity index (χ0) is 10.0. The number of hydrogen-bond acceptors (Lipinski definition) is 3. The third kappa shape index (κ3) is 2.03. The van der Waals surface area contributed by atoms with E-state index in [1.165, 1.54) is 0 Å². The van der Waals surface area contributed by atoms with Crippen molar-refractivity contribution in [3.05, 3.63) is 28.0 Å². The van der Waals surface area contributed by atoms with E-state index in [1.54, 1.807) is 0 Å². The summed E-state index contributed by atoms with van der Waals surface area (Å²) in [6.07, 6.45) is 1.08. The Morgan fingerprint density at radius 1 is 1.31 bits per heavy atom. The van der Waals surface area contributed by atoms with Gasteiger partial charge in [-0.3, -0.25) is 0 Å². The number of pyridine rings is 1. The van der Waals surface area contributed by atoms with Gasteiger partial charge in [-0.15, -0.1) is 0 Å². The molecule has 0 bridgehead atoms. The minimum atomic E-state index is -1.22. The van der Waals surface area contributed by atoms with Crippen molar-refractivity contribution >= 4 is 27.9 Å². The van der Waals surface area contributed by atoms with Crippen LogP contribution in [-0.4, -0.2) is 27.1 Å². The third-order valence-electron chi connectivity index (χ3n) is 1.32. The number of rotatable bonds is 2. The summed E-state index contributed by atoms with van der Waals surface area (Å²) in [5, 5.41) is 17.1. The average molecular weight is 246 g/mol. The molecule has 0 unspecified atom stereocenters. The van der Waals surface area contributed by atoms with E-state index in [4.69, 9.17) is 10.2 Å². The van der Waals surface area contributed by atoms with Crippen LogP contribution in [-0.2, 0) is 0 Å². The number of carbonyl (C=O) groups is 2. The molecule has 6 heteroatoms.